The molecule has 3 aromatic rings. The van der Waals surface area contributed by atoms with E-state index in [1.807, 2.05) is 42.0 Å². The van der Waals surface area contributed by atoms with Gasteiger partial charge in [0.15, 0.2) is 5.84 Å². The van der Waals surface area contributed by atoms with Crippen molar-refractivity contribution in [3.05, 3.63) is 83.2 Å². The zero-order valence-corrected chi connectivity index (χ0v) is 21.3. The van der Waals surface area contributed by atoms with Crippen LogP contribution in [0.3, 0.4) is 0 Å². The number of nitrogens with zero attached hydrogens (tertiary/aromatic N) is 4. The first-order chi connectivity index (χ1) is 17.7. The number of methoxy groups -OCH3 is 1. The zero-order valence-electron chi connectivity index (χ0n) is 20.5. The van der Waals surface area contributed by atoms with E-state index in [2.05, 4.69) is 10.1 Å². The Kier molecular flexibility index (Phi) is 5.22. The molecule has 192 valence electrons. The molecule has 6 rings (SSSR count). The summed E-state index contributed by atoms with van der Waals surface area (Å²) in [7, 11) is -2.33. The van der Waals surface area contributed by atoms with Crippen molar-refractivity contribution in [1.29, 1.82) is 0 Å². The topological polar surface area (TPSA) is 95.3 Å². The number of benzene rings is 2. The van der Waals surface area contributed by atoms with Gasteiger partial charge in [0.05, 0.1) is 38.0 Å². The van der Waals surface area contributed by atoms with Crippen molar-refractivity contribution in [3.8, 4) is 11.4 Å². The van der Waals surface area contributed by atoms with Crippen molar-refractivity contribution < 1.29 is 27.1 Å². The van der Waals surface area contributed by atoms with Crippen LogP contribution in [0.25, 0.3) is 11.8 Å². The van der Waals surface area contributed by atoms with Crippen LogP contribution in [0.5, 0.6) is 5.75 Å². The molecule has 3 aliphatic heterocycles. The summed E-state index contributed by atoms with van der Waals surface area (Å²) in [5.41, 5.74) is 2.21. The Morgan fingerprint density at radius 2 is 1.92 bits per heavy atom. The lowest BCUT2D eigenvalue weighted by atomic mass is 9.93. The van der Waals surface area contributed by atoms with E-state index in [0.29, 0.717) is 16.9 Å². The largest absolute Gasteiger partial charge is 0.495 e. The molecule has 1 aromatic heterocycles. The first-order valence-corrected chi connectivity index (χ1v) is 13.2. The quantitative estimate of drug-likeness (QED) is 0.516. The number of oxime groups is 1. The van der Waals surface area contributed by atoms with Gasteiger partial charge in [0.2, 0.25) is 5.72 Å². The summed E-state index contributed by atoms with van der Waals surface area (Å²) in [6, 6.07) is 11.3. The van der Waals surface area contributed by atoms with E-state index in [9.17, 15) is 12.8 Å². The normalized spacial score (nSPS) is 24.4. The van der Waals surface area contributed by atoms with E-state index in [-0.39, 0.29) is 25.5 Å². The minimum Gasteiger partial charge on any atom is -0.495 e. The lowest BCUT2D eigenvalue weighted by Gasteiger charge is -2.49. The molecular formula is C26H25FN4O5S. The van der Waals surface area contributed by atoms with Crippen molar-refractivity contribution >= 4 is 21.9 Å². The Balaban J connectivity index is 1.44. The van der Waals surface area contributed by atoms with Crippen LogP contribution in [0, 0.1) is 12.7 Å². The predicted octanol–water partition coefficient (Wildman–Crippen LogP) is 3.73. The molecule has 4 heterocycles. The van der Waals surface area contributed by atoms with Gasteiger partial charge in [-0.2, -0.15) is 0 Å². The van der Waals surface area contributed by atoms with Gasteiger partial charge in [0.1, 0.15) is 16.3 Å². The average molecular weight is 525 g/mol. The van der Waals surface area contributed by atoms with Gasteiger partial charge < -0.3 is 18.9 Å². The van der Waals surface area contributed by atoms with Crippen LogP contribution in [0.2, 0.25) is 0 Å². The first-order valence-electron chi connectivity index (χ1n) is 11.7. The molecule has 2 aromatic carbocycles. The Morgan fingerprint density at radius 3 is 2.54 bits per heavy atom. The summed E-state index contributed by atoms with van der Waals surface area (Å²) in [4.78, 5) is 10.1. The maximum absolute atomic E-state index is 13.9. The summed E-state index contributed by atoms with van der Waals surface area (Å²) in [6.45, 7) is 3.67. The molecule has 1 unspecified atom stereocenters. The summed E-state index contributed by atoms with van der Waals surface area (Å²) >= 11 is 0. The van der Waals surface area contributed by atoms with Crippen LogP contribution in [0.4, 0.5) is 4.39 Å². The van der Waals surface area contributed by atoms with Crippen LogP contribution < -0.4 is 4.74 Å². The molecule has 2 fully saturated rings. The number of aromatic nitrogens is 2. The zero-order chi connectivity index (χ0) is 26.0. The molecule has 3 aliphatic rings. The first kappa shape index (κ1) is 23.7. The fourth-order valence-electron chi connectivity index (χ4n) is 5.03. The smallest absolute Gasteiger partial charge is 0.250 e. The Bertz CT molecular complexity index is 1560. The lowest BCUT2D eigenvalue weighted by Crippen LogP contribution is -2.67. The minimum atomic E-state index is -3.93. The number of amidine groups is 1. The summed E-state index contributed by atoms with van der Waals surface area (Å²) < 4.78 is 54.5. The van der Waals surface area contributed by atoms with Crippen LogP contribution >= 0.6 is 0 Å². The third kappa shape index (κ3) is 3.48. The van der Waals surface area contributed by atoms with Gasteiger partial charge >= 0.3 is 0 Å². The molecule has 9 nitrogen and oxygen atoms in total. The number of halogens is 1. The standard InChI is InChI=1S/C26H25FN4O5S/c1-17-13-30(16-28-17)22-9-4-18(11-23(22)34-3)10-19-12-26(14-35-15-26)37(32,33)31-24(19)29-36-25(31,2)20-5-7-21(27)8-6-20/h4-11,13,16H,12,14-15H2,1-3H3. The summed E-state index contributed by atoms with van der Waals surface area (Å²) in [5.74, 6) is 0.410. The summed E-state index contributed by atoms with van der Waals surface area (Å²) in [5, 5.41) is 4.23. The van der Waals surface area contributed by atoms with E-state index >= 15 is 0 Å². The third-order valence-corrected chi connectivity index (χ3v) is 9.60. The number of fused-ring (bicyclic) bond motifs is 1. The maximum atomic E-state index is 13.9. The van der Waals surface area contributed by atoms with E-state index in [1.54, 1.807) is 20.4 Å². The van der Waals surface area contributed by atoms with Crippen molar-refractivity contribution in [2.45, 2.75) is 30.7 Å². The average Bonchev–Trinajstić information content (AvgIpc) is 3.44. The van der Waals surface area contributed by atoms with Gasteiger partial charge in [0.25, 0.3) is 10.0 Å². The number of aryl methyl sites for hydroxylation is 1. The number of ether oxygens (including phenoxy) is 2. The third-order valence-electron chi connectivity index (χ3n) is 7.12. The summed E-state index contributed by atoms with van der Waals surface area (Å²) in [6.07, 6.45) is 5.74. The lowest BCUT2D eigenvalue weighted by molar-refractivity contribution is -0.0678. The van der Waals surface area contributed by atoms with E-state index in [4.69, 9.17) is 14.3 Å². The molecule has 0 saturated carbocycles. The second-order valence-corrected chi connectivity index (χ2v) is 11.8. The maximum Gasteiger partial charge on any atom is 0.250 e. The van der Waals surface area contributed by atoms with Gasteiger partial charge in [-0.25, -0.2) is 22.1 Å². The predicted molar refractivity (Wildman–Crippen MR) is 134 cm³/mol. The second-order valence-electron chi connectivity index (χ2n) is 9.64. The van der Waals surface area contributed by atoms with Gasteiger partial charge in [-0.3, -0.25) is 0 Å². The van der Waals surface area contributed by atoms with Crippen molar-refractivity contribution in [1.82, 2.24) is 13.9 Å². The number of hydrogen-bond acceptors (Lipinski definition) is 7. The van der Waals surface area contributed by atoms with Crippen molar-refractivity contribution in [2.75, 3.05) is 20.3 Å². The molecule has 11 heteroatoms. The van der Waals surface area contributed by atoms with Crippen LogP contribution in [0.1, 0.15) is 30.2 Å². The highest BCUT2D eigenvalue weighted by Gasteiger charge is 2.65. The molecule has 0 radical (unpaired) electrons. The fraction of sp³-hybridized carbons (Fsp3) is 0.308. The minimum absolute atomic E-state index is 0.0676. The van der Waals surface area contributed by atoms with Gasteiger partial charge in [-0.15, -0.1) is 0 Å². The van der Waals surface area contributed by atoms with Gasteiger partial charge in [-0.05, 0) is 42.8 Å². The number of imidazole rings is 1. The van der Waals surface area contributed by atoms with Gasteiger partial charge in [-0.1, -0.05) is 23.4 Å². The monoisotopic (exact) mass is 524 g/mol. The van der Waals surface area contributed by atoms with E-state index in [0.717, 1.165) is 16.9 Å². The Labute approximate surface area is 213 Å². The molecule has 0 bridgehead atoms. The molecule has 1 atom stereocenters. The number of rotatable bonds is 4. The van der Waals surface area contributed by atoms with Crippen LogP contribution in [-0.2, 0) is 25.3 Å². The molecule has 0 amide bonds. The molecule has 0 aliphatic carbocycles. The SMILES string of the molecule is COc1cc(C=C2CC3(COC3)S(=O)(=O)N3C2=NOC3(C)c2ccc(F)cc2)ccc1-n1cnc(C)c1. The Morgan fingerprint density at radius 1 is 1.16 bits per heavy atom. The Hall–Kier alpha value is -3.70. The highest BCUT2D eigenvalue weighted by Crippen LogP contribution is 2.50. The van der Waals surface area contributed by atoms with Crippen molar-refractivity contribution in [2.24, 2.45) is 5.16 Å². The molecular weight excluding hydrogens is 499 g/mol. The van der Waals surface area contributed by atoms with Crippen LogP contribution in [-0.4, -0.2) is 53.2 Å². The number of hydrogen-bond donors (Lipinski definition) is 0. The fourth-order valence-corrected chi connectivity index (χ4v) is 7.19. The highest BCUT2D eigenvalue weighted by molar-refractivity contribution is 7.91. The molecule has 37 heavy (non-hydrogen) atoms. The van der Waals surface area contributed by atoms with Crippen LogP contribution in [0.15, 0.2) is 65.7 Å². The van der Waals surface area contributed by atoms with E-state index < -0.39 is 26.3 Å². The molecule has 2 saturated heterocycles. The molecule has 0 N–H and O–H groups in total. The van der Waals surface area contributed by atoms with Gasteiger partial charge in [0, 0.05) is 30.7 Å². The highest BCUT2D eigenvalue weighted by atomic mass is 32.2. The number of sulfonamides is 1. The van der Waals surface area contributed by atoms with Crippen molar-refractivity contribution in [3.63, 3.8) is 0 Å². The second kappa shape index (κ2) is 8.15. The van der Waals surface area contributed by atoms with E-state index in [1.165, 1.54) is 28.6 Å². The molecule has 1 spiro atoms.